The molecule has 4 aromatic rings. The number of alkyl halides is 3. The number of aromatic nitrogens is 3. The van der Waals surface area contributed by atoms with Gasteiger partial charge < -0.3 is 23.8 Å². The molecule has 41 heavy (non-hydrogen) atoms. The van der Waals surface area contributed by atoms with E-state index in [0.717, 1.165) is 33.2 Å². The Bertz CT molecular complexity index is 1660. The number of carbonyl (C=O) groups is 1. The normalized spacial score (nSPS) is 14.6. The van der Waals surface area contributed by atoms with Gasteiger partial charge in [-0.2, -0.15) is 13.2 Å². The predicted octanol–water partition coefficient (Wildman–Crippen LogP) is -3.41. The number of imidazole rings is 1. The van der Waals surface area contributed by atoms with Gasteiger partial charge in [-0.25, -0.2) is 4.79 Å². The van der Waals surface area contributed by atoms with Crippen LogP contribution in [0.25, 0.3) is 21.9 Å². The smallest absolute Gasteiger partial charge is 0.790 e. The number of amides is 1. The third kappa shape index (κ3) is 7.53. The molecule has 206 valence electrons. The van der Waals surface area contributed by atoms with E-state index in [4.69, 9.17) is 0 Å². The SMILES string of the molecule is O=C(Cc1ccc2ncccc2c1)N1CCC(n2c(=O)n(COP(=O)([O-])[O-])c3cccc(C(F)(F)F)c32)CC1.[Na+].[Na+]. The molecule has 2 aromatic heterocycles. The van der Waals surface area contributed by atoms with Gasteiger partial charge in [0.15, 0.2) is 0 Å². The molecule has 0 N–H and O–H groups in total. The topological polar surface area (TPSA) is 133 Å². The Labute approximate surface area is 276 Å². The summed E-state index contributed by atoms with van der Waals surface area (Å²) in [5.74, 6) is -0.155. The number of phosphoric ester groups is 1. The number of piperidine rings is 1. The third-order valence-corrected chi connectivity index (χ3v) is 7.27. The summed E-state index contributed by atoms with van der Waals surface area (Å²) in [4.78, 5) is 54.1. The van der Waals surface area contributed by atoms with Gasteiger partial charge in [-0.15, -0.1) is 0 Å². The monoisotopic (exact) mass is 608 g/mol. The molecule has 0 saturated carbocycles. The number of halogens is 3. The molecule has 0 bridgehead atoms. The minimum atomic E-state index is -5.50. The zero-order chi connectivity index (χ0) is 27.9. The first-order chi connectivity index (χ1) is 18.4. The van der Waals surface area contributed by atoms with Crippen molar-refractivity contribution in [3.8, 4) is 0 Å². The predicted molar refractivity (Wildman–Crippen MR) is 130 cm³/mol. The quantitative estimate of drug-likeness (QED) is 0.165. The van der Waals surface area contributed by atoms with E-state index in [1.54, 1.807) is 17.2 Å². The number of phosphoric acid groups is 1. The van der Waals surface area contributed by atoms with Gasteiger partial charge in [-0.3, -0.25) is 18.9 Å². The van der Waals surface area contributed by atoms with Crippen molar-refractivity contribution in [3.05, 3.63) is 76.3 Å². The van der Waals surface area contributed by atoms with E-state index in [-0.39, 0.29) is 103 Å². The van der Waals surface area contributed by atoms with Gasteiger partial charge in [0, 0.05) is 30.7 Å². The molecule has 5 rings (SSSR count). The van der Waals surface area contributed by atoms with Crippen LogP contribution in [0.2, 0.25) is 0 Å². The Morgan fingerprint density at radius 2 is 1.78 bits per heavy atom. The summed E-state index contributed by atoms with van der Waals surface area (Å²) >= 11 is 0. The number of fused-ring (bicyclic) bond motifs is 2. The molecule has 1 aliphatic rings. The van der Waals surface area contributed by atoms with Crippen molar-refractivity contribution >= 4 is 35.7 Å². The summed E-state index contributed by atoms with van der Waals surface area (Å²) in [5.41, 5.74) is -1.06. The second-order valence-electron chi connectivity index (χ2n) is 9.28. The van der Waals surface area contributed by atoms with Crippen molar-refractivity contribution in [3.63, 3.8) is 0 Å². The summed E-state index contributed by atoms with van der Waals surface area (Å²) in [6.45, 7) is -0.635. The number of rotatable bonds is 6. The molecule has 1 aliphatic heterocycles. The third-order valence-electron chi connectivity index (χ3n) is 6.84. The molecule has 0 spiro atoms. The maximum atomic E-state index is 13.9. The van der Waals surface area contributed by atoms with Gasteiger partial charge in [0.2, 0.25) is 5.91 Å². The second-order valence-corrected chi connectivity index (χ2v) is 10.4. The molecule has 10 nitrogen and oxygen atoms in total. The fourth-order valence-corrected chi connectivity index (χ4v) is 5.30. The van der Waals surface area contributed by atoms with E-state index in [9.17, 15) is 37.1 Å². The maximum absolute atomic E-state index is 13.9. The van der Waals surface area contributed by atoms with E-state index < -0.39 is 43.5 Å². The van der Waals surface area contributed by atoms with Gasteiger partial charge >= 0.3 is 71.0 Å². The average Bonchev–Trinajstić information content (AvgIpc) is 3.17. The molecule has 0 radical (unpaired) electrons. The molecular weight excluding hydrogens is 586 g/mol. The number of nitrogens with zero attached hydrogens (tertiary/aromatic N) is 4. The van der Waals surface area contributed by atoms with Gasteiger partial charge in [-0.05, 0) is 48.7 Å². The summed E-state index contributed by atoms with van der Waals surface area (Å²) in [7, 11) is -5.50. The van der Waals surface area contributed by atoms with E-state index in [2.05, 4.69) is 9.51 Å². The van der Waals surface area contributed by atoms with Crippen molar-refractivity contribution in [2.45, 2.75) is 38.2 Å². The van der Waals surface area contributed by atoms with Crippen LogP contribution in [0.15, 0.2) is 59.5 Å². The van der Waals surface area contributed by atoms with Crippen LogP contribution < -0.4 is 74.6 Å². The summed E-state index contributed by atoms with van der Waals surface area (Å²) < 4.78 is 58.6. The standard InChI is InChI=1S/C25H24F3N4O6P.2Na/c26-25(27,28)19-4-1-5-21-23(19)32(24(34)31(21)15-38-39(35,36)37)18-8-11-30(12-9-18)22(33)14-16-6-7-20-17(13-16)3-2-10-29-20;;/h1-7,10,13,18H,8-9,11-12,14-15H2,(H2,35,36,37);;/q;2*+1/p-2. The molecule has 2 aromatic carbocycles. The largest absolute Gasteiger partial charge is 1.00 e. The number of likely N-dealkylation sites (tertiary alicyclic amines) is 1. The summed E-state index contributed by atoms with van der Waals surface area (Å²) in [5, 5.41) is 0.895. The van der Waals surface area contributed by atoms with Crippen molar-refractivity contribution in [2.24, 2.45) is 0 Å². The van der Waals surface area contributed by atoms with Crippen molar-refractivity contribution in [2.75, 3.05) is 13.1 Å². The number of carbonyl (C=O) groups excluding carboxylic acids is 1. The molecule has 3 heterocycles. The molecule has 0 aliphatic carbocycles. The fourth-order valence-electron chi connectivity index (χ4n) is 5.05. The Morgan fingerprint density at radius 3 is 2.44 bits per heavy atom. The molecular formula is C25H22F3N4Na2O6P. The van der Waals surface area contributed by atoms with Gasteiger partial charge in [0.05, 0.1) is 36.4 Å². The Balaban J connectivity index is 0.00000231. The van der Waals surface area contributed by atoms with Crippen LogP contribution in [0, 0.1) is 0 Å². The molecule has 0 unspecified atom stereocenters. The first kappa shape index (κ1) is 34.0. The van der Waals surface area contributed by atoms with Crippen LogP contribution in [0.3, 0.4) is 0 Å². The van der Waals surface area contributed by atoms with Crippen LogP contribution in [0.5, 0.6) is 0 Å². The molecule has 1 saturated heterocycles. The van der Waals surface area contributed by atoms with Crippen molar-refractivity contribution in [1.82, 2.24) is 19.0 Å². The van der Waals surface area contributed by atoms with Crippen LogP contribution in [-0.4, -0.2) is 38.0 Å². The van der Waals surface area contributed by atoms with Crippen LogP contribution in [0.1, 0.15) is 30.0 Å². The average molecular weight is 608 g/mol. The first-order valence-corrected chi connectivity index (χ1v) is 13.5. The van der Waals surface area contributed by atoms with Crippen LogP contribution >= 0.6 is 7.82 Å². The number of hydrogen-bond acceptors (Lipinski definition) is 7. The second kappa shape index (κ2) is 13.4. The minimum absolute atomic E-state index is 0. The molecule has 1 amide bonds. The number of pyridine rings is 1. The zero-order valence-corrected chi connectivity index (χ0v) is 27.2. The molecule has 16 heteroatoms. The number of benzene rings is 2. The van der Waals surface area contributed by atoms with Gasteiger partial charge in [-0.1, -0.05) is 18.2 Å². The Kier molecular flexibility index (Phi) is 11.1. The number of hydrogen-bond donors (Lipinski definition) is 0. The molecule has 1 fully saturated rings. The maximum Gasteiger partial charge on any atom is 1.00 e. The Morgan fingerprint density at radius 1 is 1.07 bits per heavy atom. The van der Waals surface area contributed by atoms with Gasteiger partial charge in [0.1, 0.15) is 6.73 Å². The van der Waals surface area contributed by atoms with Gasteiger partial charge in [0.25, 0.3) is 0 Å². The summed E-state index contributed by atoms with van der Waals surface area (Å²) in [6, 6.07) is 11.7. The van der Waals surface area contributed by atoms with E-state index in [0.29, 0.717) is 4.57 Å². The zero-order valence-electron chi connectivity index (χ0n) is 22.3. The van der Waals surface area contributed by atoms with Crippen molar-refractivity contribution in [1.29, 1.82) is 0 Å². The van der Waals surface area contributed by atoms with E-state index in [1.807, 2.05) is 24.3 Å². The van der Waals surface area contributed by atoms with Crippen LogP contribution in [-0.2, 0) is 33.2 Å². The van der Waals surface area contributed by atoms with Crippen LogP contribution in [0.4, 0.5) is 13.2 Å². The van der Waals surface area contributed by atoms with E-state index in [1.165, 1.54) is 6.07 Å². The van der Waals surface area contributed by atoms with E-state index >= 15 is 0 Å². The molecule has 0 atom stereocenters. The summed E-state index contributed by atoms with van der Waals surface area (Å²) in [6.07, 6.45) is -2.60. The van der Waals surface area contributed by atoms with Crippen molar-refractivity contribution < 1.29 is 96.0 Å². The fraction of sp³-hybridized carbons (Fsp3) is 0.320. The first-order valence-electron chi connectivity index (χ1n) is 12.0. The number of para-hydroxylation sites is 1. The Hall–Kier alpha value is -1.51. The minimum Gasteiger partial charge on any atom is -0.790 e.